The van der Waals surface area contributed by atoms with Crippen molar-refractivity contribution in [1.82, 2.24) is 15.1 Å². The van der Waals surface area contributed by atoms with Gasteiger partial charge >= 0.3 is 6.18 Å². The van der Waals surface area contributed by atoms with Crippen molar-refractivity contribution >= 4 is 23.5 Å². The average molecular weight is 377 g/mol. The summed E-state index contributed by atoms with van der Waals surface area (Å²) in [6, 6.07) is 6.59. The minimum Gasteiger partial charge on any atom is -0.374 e. The topological polar surface area (TPSA) is 61.4 Å². The summed E-state index contributed by atoms with van der Waals surface area (Å²) < 4.78 is 38.1. The van der Waals surface area contributed by atoms with Crippen molar-refractivity contribution in [2.24, 2.45) is 0 Å². The first-order valence-electron chi connectivity index (χ1n) is 8.34. The molecule has 9 heteroatoms. The minimum atomic E-state index is -4.37. The Hall–Kier alpha value is -3.10. The van der Waals surface area contributed by atoms with Gasteiger partial charge in [-0.2, -0.15) is 18.3 Å². The Morgan fingerprint density at radius 3 is 2.37 bits per heavy atom. The Kier molecular flexibility index (Phi) is 5.58. The molecule has 1 fully saturated rings. The van der Waals surface area contributed by atoms with Crippen LogP contribution in [0.4, 0.5) is 30.4 Å². The van der Waals surface area contributed by atoms with Crippen LogP contribution in [-0.4, -0.2) is 47.6 Å². The van der Waals surface area contributed by atoms with E-state index < -0.39 is 11.7 Å². The van der Waals surface area contributed by atoms with Gasteiger partial charge in [0.25, 0.3) is 0 Å². The van der Waals surface area contributed by atoms with Gasteiger partial charge in [0.1, 0.15) is 6.29 Å². The normalized spacial score (nSPS) is 15.2. The Morgan fingerprint density at radius 2 is 1.74 bits per heavy atom. The van der Waals surface area contributed by atoms with Gasteiger partial charge in [0.2, 0.25) is 0 Å². The molecule has 27 heavy (non-hydrogen) atoms. The molecule has 1 aliphatic rings. The highest BCUT2D eigenvalue weighted by Crippen LogP contribution is 2.31. The van der Waals surface area contributed by atoms with Gasteiger partial charge in [0, 0.05) is 38.1 Å². The molecule has 0 amide bonds. The zero-order chi connectivity index (χ0) is 19.3. The summed E-state index contributed by atoms with van der Waals surface area (Å²) in [5.41, 5.74) is 0.619. The van der Waals surface area contributed by atoms with Crippen molar-refractivity contribution in [2.45, 2.75) is 6.18 Å². The number of nitrogens with zero attached hydrogens (tertiary/aromatic N) is 4. The van der Waals surface area contributed by atoms with E-state index in [-0.39, 0.29) is 0 Å². The quantitative estimate of drug-likeness (QED) is 0.638. The molecule has 0 unspecified atom stereocenters. The van der Waals surface area contributed by atoms with Crippen LogP contribution >= 0.6 is 0 Å². The van der Waals surface area contributed by atoms with E-state index >= 15 is 0 Å². The fourth-order valence-electron chi connectivity index (χ4n) is 2.82. The van der Waals surface area contributed by atoms with Crippen molar-refractivity contribution in [3.8, 4) is 0 Å². The SMILES string of the molecule is O=CC=CN1CCN(c2ccnnc2Nc2ccc(C(F)(F)F)cc2)CC1. The van der Waals surface area contributed by atoms with Crippen LogP contribution in [0.2, 0.25) is 0 Å². The molecule has 0 atom stereocenters. The van der Waals surface area contributed by atoms with Crippen LogP contribution in [0.25, 0.3) is 0 Å². The maximum absolute atomic E-state index is 12.7. The summed E-state index contributed by atoms with van der Waals surface area (Å²) in [6.45, 7) is 2.92. The summed E-state index contributed by atoms with van der Waals surface area (Å²) in [6.07, 6.45) is 1.17. The molecule has 1 aromatic heterocycles. The van der Waals surface area contributed by atoms with Crippen LogP contribution in [0.1, 0.15) is 5.56 Å². The lowest BCUT2D eigenvalue weighted by molar-refractivity contribution is -0.137. The number of allylic oxidation sites excluding steroid dienone is 1. The Morgan fingerprint density at radius 1 is 1.04 bits per heavy atom. The molecular weight excluding hydrogens is 359 g/mol. The van der Waals surface area contributed by atoms with Gasteiger partial charge in [-0.3, -0.25) is 4.79 Å². The lowest BCUT2D eigenvalue weighted by atomic mass is 10.2. The van der Waals surface area contributed by atoms with Crippen LogP contribution in [0.15, 0.2) is 48.8 Å². The van der Waals surface area contributed by atoms with Crippen molar-refractivity contribution in [1.29, 1.82) is 0 Å². The second-order valence-electron chi connectivity index (χ2n) is 5.97. The van der Waals surface area contributed by atoms with Gasteiger partial charge in [0.05, 0.1) is 17.4 Å². The number of hydrogen-bond acceptors (Lipinski definition) is 6. The average Bonchev–Trinajstić information content (AvgIpc) is 2.67. The third kappa shape index (κ3) is 4.75. The molecule has 142 valence electrons. The Labute approximate surface area is 154 Å². The third-order valence-corrected chi connectivity index (χ3v) is 4.20. The fourth-order valence-corrected chi connectivity index (χ4v) is 2.82. The number of nitrogens with one attached hydrogen (secondary N) is 1. The molecule has 2 aromatic rings. The van der Waals surface area contributed by atoms with Crippen molar-refractivity contribution in [2.75, 3.05) is 36.4 Å². The van der Waals surface area contributed by atoms with Crippen LogP contribution in [0, 0.1) is 0 Å². The van der Waals surface area contributed by atoms with Crippen molar-refractivity contribution in [3.63, 3.8) is 0 Å². The monoisotopic (exact) mass is 377 g/mol. The molecule has 0 spiro atoms. The molecule has 1 saturated heterocycles. The summed E-state index contributed by atoms with van der Waals surface area (Å²) >= 11 is 0. The molecule has 1 aromatic carbocycles. The second-order valence-corrected chi connectivity index (χ2v) is 5.97. The highest BCUT2D eigenvalue weighted by molar-refractivity contribution is 5.71. The Bertz CT molecular complexity index is 799. The highest BCUT2D eigenvalue weighted by Gasteiger charge is 2.30. The van der Waals surface area contributed by atoms with E-state index in [1.807, 2.05) is 11.0 Å². The number of hydrogen-bond donors (Lipinski definition) is 1. The third-order valence-electron chi connectivity index (χ3n) is 4.20. The molecule has 0 aliphatic carbocycles. The maximum atomic E-state index is 12.7. The Balaban J connectivity index is 1.71. The van der Waals surface area contributed by atoms with Crippen LogP contribution in [0.3, 0.4) is 0 Å². The second kappa shape index (κ2) is 8.07. The van der Waals surface area contributed by atoms with Gasteiger partial charge in [-0.1, -0.05) is 0 Å². The number of halogens is 3. The molecule has 3 rings (SSSR count). The summed E-state index contributed by atoms with van der Waals surface area (Å²) in [7, 11) is 0. The highest BCUT2D eigenvalue weighted by atomic mass is 19.4. The predicted molar refractivity (Wildman–Crippen MR) is 95.7 cm³/mol. The van der Waals surface area contributed by atoms with Crippen molar-refractivity contribution < 1.29 is 18.0 Å². The van der Waals surface area contributed by atoms with Crippen LogP contribution in [-0.2, 0) is 11.0 Å². The molecule has 0 radical (unpaired) electrons. The molecule has 1 N–H and O–H groups in total. The largest absolute Gasteiger partial charge is 0.416 e. The molecule has 0 bridgehead atoms. The summed E-state index contributed by atoms with van der Waals surface area (Å²) in [5.74, 6) is 0.481. The molecule has 2 heterocycles. The van der Waals surface area contributed by atoms with E-state index in [1.54, 1.807) is 12.4 Å². The minimum absolute atomic E-state index is 0.481. The molecular formula is C18H18F3N5O. The summed E-state index contributed by atoms with van der Waals surface area (Å²) in [5, 5.41) is 11.0. The number of aldehydes is 1. The number of carbonyl (C=O) groups excluding carboxylic acids is 1. The van der Waals surface area contributed by atoms with E-state index in [1.165, 1.54) is 18.2 Å². The zero-order valence-corrected chi connectivity index (χ0v) is 14.4. The van der Waals surface area contributed by atoms with Crippen LogP contribution < -0.4 is 10.2 Å². The lowest BCUT2D eigenvalue weighted by Gasteiger charge is -2.35. The molecule has 0 saturated carbocycles. The number of anilines is 3. The zero-order valence-electron chi connectivity index (χ0n) is 14.4. The van der Waals surface area contributed by atoms with E-state index in [0.717, 1.165) is 50.3 Å². The molecule has 6 nitrogen and oxygen atoms in total. The first-order valence-corrected chi connectivity index (χ1v) is 8.34. The smallest absolute Gasteiger partial charge is 0.374 e. The van der Waals surface area contributed by atoms with Gasteiger partial charge in [-0.25, -0.2) is 0 Å². The summed E-state index contributed by atoms with van der Waals surface area (Å²) in [4.78, 5) is 14.6. The van der Waals surface area contributed by atoms with Gasteiger partial charge in [0.15, 0.2) is 5.82 Å². The molecule has 1 aliphatic heterocycles. The number of aromatic nitrogens is 2. The predicted octanol–water partition coefficient (Wildman–Crippen LogP) is 3.07. The van der Waals surface area contributed by atoms with E-state index in [2.05, 4.69) is 20.4 Å². The van der Waals surface area contributed by atoms with Gasteiger partial charge < -0.3 is 15.1 Å². The van der Waals surface area contributed by atoms with Crippen LogP contribution in [0.5, 0.6) is 0 Å². The fraction of sp³-hybridized carbons (Fsp3) is 0.278. The number of benzene rings is 1. The first-order chi connectivity index (χ1) is 13.0. The number of carbonyl (C=O) groups is 1. The number of piperazine rings is 1. The van der Waals surface area contributed by atoms with E-state index in [4.69, 9.17) is 0 Å². The van der Waals surface area contributed by atoms with E-state index in [0.29, 0.717) is 11.5 Å². The lowest BCUT2D eigenvalue weighted by Crippen LogP contribution is -2.44. The maximum Gasteiger partial charge on any atom is 0.416 e. The standard InChI is InChI=1S/C18H18F3N5O/c19-18(20,21)14-2-4-15(5-3-14)23-17-16(6-7-22-24-17)26-11-9-25(10-12-26)8-1-13-27/h1-8,13H,9-12H2,(H,23,24). The number of alkyl halides is 3. The van der Waals surface area contributed by atoms with Gasteiger partial charge in [-0.05, 0) is 36.4 Å². The number of rotatable bonds is 5. The van der Waals surface area contributed by atoms with E-state index in [9.17, 15) is 18.0 Å². The van der Waals surface area contributed by atoms with Crippen molar-refractivity contribution in [3.05, 3.63) is 54.4 Å². The van der Waals surface area contributed by atoms with Gasteiger partial charge in [-0.15, -0.1) is 5.10 Å². The first kappa shape index (κ1) is 18.7.